The van der Waals surface area contributed by atoms with Crippen molar-refractivity contribution in [1.82, 2.24) is 0 Å². The van der Waals surface area contributed by atoms with E-state index >= 15 is 0 Å². The fourth-order valence-corrected chi connectivity index (χ4v) is 2.16. The van der Waals surface area contributed by atoms with Crippen LogP contribution in [0.3, 0.4) is 0 Å². The summed E-state index contributed by atoms with van der Waals surface area (Å²) < 4.78 is 1.16. The van der Waals surface area contributed by atoms with E-state index in [4.69, 9.17) is 0 Å². The van der Waals surface area contributed by atoms with Gasteiger partial charge in [0, 0.05) is 16.2 Å². The molecule has 0 amide bonds. The molecule has 0 spiro atoms. The number of anilines is 1. The van der Waals surface area contributed by atoms with Crippen LogP contribution in [0.15, 0.2) is 35.3 Å². The molecular formula is C11H12BrN. The summed E-state index contributed by atoms with van der Waals surface area (Å²) in [5.74, 6) is 0. The summed E-state index contributed by atoms with van der Waals surface area (Å²) in [6, 6.07) is 6.93. The molecule has 1 aromatic rings. The fraction of sp³-hybridized carbons (Fsp3) is 0.273. The average molecular weight is 238 g/mol. The van der Waals surface area contributed by atoms with Crippen molar-refractivity contribution in [3.05, 3.63) is 40.9 Å². The van der Waals surface area contributed by atoms with Gasteiger partial charge in [-0.05, 0) is 36.6 Å². The minimum Gasteiger partial charge on any atom is -0.381 e. The van der Waals surface area contributed by atoms with E-state index < -0.39 is 0 Å². The van der Waals surface area contributed by atoms with Gasteiger partial charge in [0.1, 0.15) is 0 Å². The molecule has 0 saturated carbocycles. The Kier molecular flexibility index (Phi) is 2.40. The summed E-state index contributed by atoms with van der Waals surface area (Å²) in [6.45, 7) is 3.76. The monoisotopic (exact) mass is 237 g/mol. The third kappa shape index (κ3) is 1.78. The first-order chi connectivity index (χ1) is 6.29. The van der Waals surface area contributed by atoms with E-state index in [1.54, 1.807) is 0 Å². The Bertz CT molecular complexity index is 333. The maximum Gasteiger partial charge on any atom is 0.0376 e. The lowest BCUT2D eigenvalue weighted by Gasteiger charge is -2.06. The molecule has 2 heteroatoms. The quantitative estimate of drug-likeness (QED) is 0.779. The summed E-state index contributed by atoms with van der Waals surface area (Å²) in [4.78, 5) is 0. The van der Waals surface area contributed by atoms with E-state index in [0.29, 0.717) is 6.04 Å². The highest BCUT2D eigenvalue weighted by Crippen LogP contribution is 2.29. The third-order valence-electron chi connectivity index (χ3n) is 2.34. The number of nitrogens with one attached hydrogen (secondary N) is 1. The van der Waals surface area contributed by atoms with Gasteiger partial charge < -0.3 is 5.32 Å². The predicted molar refractivity (Wildman–Crippen MR) is 60.1 cm³/mol. The van der Waals surface area contributed by atoms with Crippen molar-refractivity contribution in [2.24, 2.45) is 0 Å². The van der Waals surface area contributed by atoms with Gasteiger partial charge in [0.2, 0.25) is 0 Å². The highest BCUT2D eigenvalue weighted by Gasteiger charge is 2.18. The maximum atomic E-state index is 3.76. The van der Waals surface area contributed by atoms with Crippen LogP contribution in [0.1, 0.15) is 12.0 Å². The third-order valence-corrected chi connectivity index (χ3v) is 2.84. The van der Waals surface area contributed by atoms with Crippen molar-refractivity contribution in [3.63, 3.8) is 0 Å². The molecule has 13 heavy (non-hydrogen) atoms. The molecule has 1 nitrogen and oxygen atoms in total. The van der Waals surface area contributed by atoms with Crippen LogP contribution >= 0.6 is 15.9 Å². The summed E-state index contributed by atoms with van der Waals surface area (Å²) in [7, 11) is 0. The summed E-state index contributed by atoms with van der Waals surface area (Å²) in [5.41, 5.74) is 2.68. The molecule has 0 fully saturated rings. The van der Waals surface area contributed by atoms with Crippen molar-refractivity contribution < 1.29 is 0 Å². The smallest absolute Gasteiger partial charge is 0.0376 e. The van der Waals surface area contributed by atoms with Crippen molar-refractivity contribution in [3.8, 4) is 0 Å². The molecule has 1 N–H and O–H groups in total. The zero-order chi connectivity index (χ0) is 9.26. The zero-order valence-corrected chi connectivity index (χ0v) is 8.97. The van der Waals surface area contributed by atoms with Crippen molar-refractivity contribution in [2.45, 2.75) is 18.9 Å². The lowest BCUT2D eigenvalue weighted by atomic mass is 10.1. The maximum absolute atomic E-state index is 3.76. The van der Waals surface area contributed by atoms with Gasteiger partial charge in [-0.3, -0.25) is 0 Å². The normalized spacial score (nSPS) is 19.3. The molecule has 0 aliphatic carbocycles. The highest BCUT2D eigenvalue weighted by atomic mass is 79.9. The number of hydrogen-bond donors (Lipinski definition) is 1. The number of hydrogen-bond acceptors (Lipinski definition) is 1. The second-order valence-electron chi connectivity index (χ2n) is 3.37. The van der Waals surface area contributed by atoms with E-state index in [0.717, 1.165) is 17.3 Å². The summed E-state index contributed by atoms with van der Waals surface area (Å²) in [6.07, 6.45) is 4.12. The van der Waals surface area contributed by atoms with E-state index in [2.05, 4.69) is 46.0 Å². The van der Waals surface area contributed by atoms with Crippen LogP contribution in [-0.4, -0.2) is 6.04 Å². The Morgan fingerprint density at radius 1 is 1.62 bits per heavy atom. The molecule has 1 aliphatic heterocycles. The fourth-order valence-electron chi connectivity index (χ4n) is 1.75. The van der Waals surface area contributed by atoms with Crippen LogP contribution in [0, 0.1) is 0 Å². The SMILES string of the molecule is C=CCC1Cc2cc(Br)ccc2N1. The first-order valence-electron chi connectivity index (χ1n) is 4.45. The second kappa shape index (κ2) is 3.54. The molecule has 1 heterocycles. The van der Waals surface area contributed by atoms with E-state index in [-0.39, 0.29) is 0 Å². The zero-order valence-electron chi connectivity index (χ0n) is 7.39. The highest BCUT2D eigenvalue weighted by molar-refractivity contribution is 9.10. The van der Waals surface area contributed by atoms with Crippen LogP contribution in [-0.2, 0) is 6.42 Å². The van der Waals surface area contributed by atoms with Gasteiger partial charge in [-0.1, -0.05) is 22.0 Å². The molecule has 1 aliphatic rings. The first-order valence-corrected chi connectivity index (χ1v) is 5.25. The molecule has 1 aromatic carbocycles. The molecule has 68 valence electrons. The topological polar surface area (TPSA) is 12.0 Å². The van der Waals surface area contributed by atoms with Gasteiger partial charge in [-0.2, -0.15) is 0 Å². The Balaban J connectivity index is 2.20. The Morgan fingerprint density at radius 2 is 2.46 bits per heavy atom. The van der Waals surface area contributed by atoms with Crippen LogP contribution in [0.4, 0.5) is 5.69 Å². The van der Waals surface area contributed by atoms with Crippen molar-refractivity contribution in [1.29, 1.82) is 0 Å². The lowest BCUT2D eigenvalue weighted by Crippen LogP contribution is -2.13. The molecule has 1 atom stereocenters. The minimum atomic E-state index is 0.543. The van der Waals surface area contributed by atoms with Crippen LogP contribution in [0.25, 0.3) is 0 Å². The van der Waals surface area contributed by atoms with E-state index in [1.807, 2.05) is 6.08 Å². The first kappa shape index (κ1) is 8.82. The Hall–Kier alpha value is -0.760. The lowest BCUT2D eigenvalue weighted by molar-refractivity contribution is 0.766. The number of fused-ring (bicyclic) bond motifs is 1. The molecule has 0 radical (unpaired) electrons. The number of rotatable bonds is 2. The van der Waals surface area contributed by atoms with E-state index in [9.17, 15) is 0 Å². The largest absolute Gasteiger partial charge is 0.381 e. The average Bonchev–Trinajstić information content (AvgIpc) is 2.46. The summed E-state index contributed by atoms with van der Waals surface area (Å²) in [5, 5.41) is 3.47. The summed E-state index contributed by atoms with van der Waals surface area (Å²) >= 11 is 3.48. The number of halogens is 1. The predicted octanol–water partition coefficient (Wildman–Crippen LogP) is 3.36. The van der Waals surface area contributed by atoms with Crippen LogP contribution < -0.4 is 5.32 Å². The molecule has 0 aromatic heterocycles. The minimum absolute atomic E-state index is 0.543. The van der Waals surface area contributed by atoms with Gasteiger partial charge in [-0.25, -0.2) is 0 Å². The molecule has 0 bridgehead atoms. The Labute approximate surface area is 87.0 Å². The van der Waals surface area contributed by atoms with Crippen LogP contribution in [0.2, 0.25) is 0 Å². The standard InChI is InChI=1S/C11H12BrN/c1-2-3-10-7-8-6-9(12)4-5-11(8)13-10/h2,4-6,10,13H,1,3,7H2. The number of benzene rings is 1. The van der Waals surface area contributed by atoms with Crippen LogP contribution in [0.5, 0.6) is 0 Å². The van der Waals surface area contributed by atoms with Gasteiger partial charge in [0.15, 0.2) is 0 Å². The molecular weight excluding hydrogens is 226 g/mol. The van der Waals surface area contributed by atoms with E-state index in [1.165, 1.54) is 11.3 Å². The van der Waals surface area contributed by atoms with Crippen molar-refractivity contribution >= 4 is 21.6 Å². The van der Waals surface area contributed by atoms with Crippen molar-refractivity contribution in [2.75, 3.05) is 5.32 Å². The second-order valence-corrected chi connectivity index (χ2v) is 4.29. The van der Waals surface area contributed by atoms with Gasteiger partial charge >= 0.3 is 0 Å². The van der Waals surface area contributed by atoms with Gasteiger partial charge in [-0.15, -0.1) is 6.58 Å². The Morgan fingerprint density at radius 3 is 3.23 bits per heavy atom. The molecule has 1 unspecified atom stereocenters. The van der Waals surface area contributed by atoms with Gasteiger partial charge in [0.25, 0.3) is 0 Å². The molecule has 0 saturated heterocycles. The molecule has 2 rings (SSSR count). The van der Waals surface area contributed by atoms with Gasteiger partial charge in [0.05, 0.1) is 0 Å².